The predicted octanol–water partition coefficient (Wildman–Crippen LogP) is 1.15. The van der Waals surface area contributed by atoms with Crippen LogP contribution in [-0.4, -0.2) is 23.8 Å². The minimum Gasteiger partial charge on any atom is -0.390 e. The Balaban J connectivity index is 1.90. The van der Waals surface area contributed by atoms with Crippen molar-refractivity contribution in [2.75, 3.05) is 7.05 Å². The van der Waals surface area contributed by atoms with E-state index < -0.39 is 0 Å². The quantitative estimate of drug-likeness (QED) is 0.636. The maximum absolute atomic E-state index is 10.3. The monoisotopic (exact) mass is 181 g/mol. The van der Waals surface area contributed by atoms with Crippen LogP contribution in [0.3, 0.4) is 0 Å². The minimum absolute atomic E-state index is 0.260. The molecule has 2 nitrogen and oxygen atoms in total. The van der Waals surface area contributed by atoms with Crippen LogP contribution in [0.5, 0.6) is 0 Å². The van der Waals surface area contributed by atoms with Gasteiger partial charge < -0.3 is 10.4 Å². The molecule has 2 atom stereocenters. The first-order valence-electron chi connectivity index (χ1n) is 5.60. The van der Waals surface area contributed by atoms with Gasteiger partial charge in [0, 0.05) is 6.04 Å². The van der Waals surface area contributed by atoms with Crippen LogP contribution in [0, 0.1) is 17.8 Å². The molecule has 4 aliphatic carbocycles. The standard InChI is InChI=1S/C11H19NO/c1-12-10-8-2-7-3-9(10)6-11(13,4-7)5-8/h7-10,12-13H,2-6H2,1H3/t7?,8-,9-,10?,11?/m1/s1. The molecule has 0 spiro atoms. The van der Waals surface area contributed by atoms with Gasteiger partial charge in [-0.25, -0.2) is 0 Å². The van der Waals surface area contributed by atoms with E-state index in [0.717, 1.165) is 37.0 Å². The molecule has 0 saturated heterocycles. The summed E-state index contributed by atoms with van der Waals surface area (Å²) in [7, 11) is 2.08. The molecular weight excluding hydrogens is 162 g/mol. The molecule has 0 aromatic heterocycles. The molecule has 4 aliphatic rings. The summed E-state index contributed by atoms with van der Waals surface area (Å²) < 4.78 is 0. The molecule has 0 aromatic carbocycles. The molecule has 0 aromatic rings. The molecule has 2 heteroatoms. The summed E-state index contributed by atoms with van der Waals surface area (Å²) in [5, 5.41) is 13.7. The third kappa shape index (κ3) is 1.08. The second kappa shape index (κ2) is 2.48. The lowest BCUT2D eigenvalue weighted by Gasteiger charge is -2.58. The van der Waals surface area contributed by atoms with Gasteiger partial charge in [0.1, 0.15) is 0 Å². The first kappa shape index (κ1) is 8.25. The fraction of sp³-hybridized carbons (Fsp3) is 1.00. The van der Waals surface area contributed by atoms with Crippen molar-refractivity contribution in [3.8, 4) is 0 Å². The van der Waals surface area contributed by atoms with Crippen molar-refractivity contribution >= 4 is 0 Å². The largest absolute Gasteiger partial charge is 0.390 e. The SMILES string of the molecule is CNC1[C@@H]2CC3C[C@@H]1CC(O)(C3)C2. The molecule has 13 heavy (non-hydrogen) atoms. The molecule has 74 valence electrons. The Morgan fingerprint density at radius 1 is 1.15 bits per heavy atom. The number of hydrogen-bond donors (Lipinski definition) is 2. The highest BCUT2D eigenvalue weighted by Gasteiger charge is 2.54. The first-order chi connectivity index (χ1) is 6.20. The van der Waals surface area contributed by atoms with E-state index in [9.17, 15) is 5.11 Å². The van der Waals surface area contributed by atoms with Gasteiger partial charge in [-0.15, -0.1) is 0 Å². The Hall–Kier alpha value is -0.0800. The molecule has 0 unspecified atom stereocenters. The zero-order valence-corrected chi connectivity index (χ0v) is 8.29. The second-order valence-electron chi connectivity index (χ2n) is 5.51. The summed E-state index contributed by atoms with van der Waals surface area (Å²) in [5.41, 5.74) is -0.260. The molecule has 0 radical (unpaired) electrons. The van der Waals surface area contributed by atoms with Crippen molar-refractivity contribution in [3.05, 3.63) is 0 Å². The number of hydrogen-bond acceptors (Lipinski definition) is 2. The van der Waals surface area contributed by atoms with Crippen LogP contribution >= 0.6 is 0 Å². The van der Waals surface area contributed by atoms with Crippen molar-refractivity contribution in [3.63, 3.8) is 0 Å². The van der Waals surface area contributed by atoms with Crippen molar-refractivity contribution in [1.82, 2.24) is 5.32 Å². The van der Waals surface area contributed by atoms with E-state index >= 15 is 0 Å². The highest BCUT2D eigenvalue weighted by molar-refractivity contribution is 5.07. The van der Waals surface area contributed by atoms with Gasteiger partial charge in [-0.1, -0.05) is 0 Å². The third-order valence-corrected chi connectivity index (χ3v) is 4.57. The molecule has 2 N–H and O–H groups in total. The van der Waals surface area contributed by atoms with Crippen LogP contribution in [0.1, 0.15) is 32.1 Å². The summed E-state index contributed by atoms with van der Waals surface area (Å²) >= 11 is 0. The molecule has 4 bridgehead atoms. The van der Waals surface area contributed by atoms with E-state index in [0.29, 0.717) is 6.04 Å². The maximum Gasteiger partial charge on any atom is 0.0657 e. The van der Waals surface area contributed by atoms with Gasteiger partial charge in [0.25, 0.3) is 0 Å². The smallest absolute Gasteiger partial charge is 0.0657 e. The van der Waals surface area contributed by atoms with E-state index in [4.69, 9.17) is 0 Å². The van der Waals surface area contributed by atoms with Gasteiger partial charge in [0.2, 0.25) is 0 Å². The zero-order chi connectivity index (χ0) is 9.05. The Kier molecular flexibility index (Phi) is 1.58. The summed E-state index contributed by atoms with van der Waals surface area (Å²) in [4.78, 5) is 0. The molecule has 0 heterocycles. The lowest BCUT2D eigenvalue weighted by molar-refractivity contribution is -0.137. The van der Waals surface area contributed by atoms with E-state index in [2.05, 4.69) is 12.4 Å². The highest BCUT2D eigenvalue weighted by atomic mass is 16.3. The molecule has 0 aliphatic heterocycles. The van der Waals surface area contributed by atoms with Crippen molar-refractivity contribution in [2.24, 2.45) is 17.8 Å². The van der Waals surface area contributed by atoms with Crippen molar-refractivity contribution < 1.29 is 5.11 Å². The average molecular weight is 181 g/mol. The van der Waals surface area contributed by atoms with Crippen molar-refractivity contribution in [1.29, 1.82) is 0 Å². The lowest BCUT2D eigenvalue weighted by atomic mass is 9.52. The van der Waals surface area contributed by atoms with Gasteiger partial charge in [-0.05, 0) is 56.9 Å². The Labute approximate surface area is 79.7 Å². The van der Waals surface area contributed by atoms with Gasteiger partial charge >= 0.3 is 0 Å². The Bertz CT molecular complexity index is 212. The Morgan fingerprint density at radius 3 is 2.23 bits per heavy atom. The molecule has 4 saturated carbocycles. The van der Waals surface area contributed by atoms with Crippen molar-refractivity contribution in [2.45, 2.75) is 43.7 Å². The fourth-order valence-electron chi connectivity index (χ4n) is 4.45. The summed E-state index contributed by atoms with van der Waals surface area (Å²) in [6.07, 6.45) is 5.95. The van der Waals surface area contributed by atoms with Crippen LogP contribution in [0.15, 0.2) is 0 Å². The van der Waals surface area contributed by atoms with E-state index in [-0.39, 0.29) is 5.60 Å². The molecule has 4 rings (SSSR count). The maximum atomic E-state index is 10.3. The second-order valence-corrected chi connectivity index (χ2v) is 5.51. The van der Waals surface area contributed by atoms with Crippen LogP contribution in [0.2, 0.25) is 0 Å². The Morgan fingerprint density at radius 2 is 1.77 bits per heavy atom. The van der Waals surface area contributed by atoms with Gasteiger partial charge in [0.15, 0.2) is 0 Å². The summed E-state index contributed by atoms with van der Waals surface area (Å²) in [6.45, 7) is 0. The molecule has 0 amide bonds. The first-order valence-corrected chi connectivity index (χ1v) is 5.60. The predicted molar refractivity (Wildman–Crippen MR) is 51.4 cm³/mol. The molecular formula is C11H19NO. The number of rotatable bonds is 1. The van der Waals surface area contributed by atoms with Gasteiger partial charge in [-0.2, -0.15) is 0 Å². The number of aliphatic hydroxyl groups is 1. The minimum atomic E-state index is -0.260. The van der Waals surface area contributed by atoms with Gasteiger partial charge in [-0.3, -0.25) is 0 Å². The van der Waals surface area contributed by atoms with Crippen LogP contribution in [0.25, 0.3) is 0 Å². The van der Waals surface area contributed by atoms with Crippen LogP contribution < -0.4 is 5.32 Å². The zero-order valence-electron chi connectivity index (χ0n) is 8.29. The van der Waals surface area contributed by atoms with Crippen LogP contribution in [-0.2, 0) is 0 Å². The number of nitrogens with one attached hydrogen (secondary N) is 1. The topological polar surface area (TPSA) is 32.3 Å². The highest BCUT2D eigenvalue weighted by Crippen LogP contribution is 2.55. The summed E-state index contributed by atoms with van der Waals surface area (Å²) in [5.74, 6) is 2.37. The third-order valence-electron chi connectivity index (χ3n) is 4.57. The summed E-state index contributed by atoms with van der Waals surface area (Å²) in [6, 6.07) is 0.705. The van der Waals surface area contributed by atoms with E-state index in [1.807, 2.05) is 0 Å². The molecule has 4 fully saturated rings. The normalized spacial score (nSPS) is 58.6. The van der Waals surface area contributed by atoms with E-state index in [1.165, 1.54) is 12.8 Å². The van der Waals surface area contributed by atoms with Gasteiger partial charge in [0.05, 0.1) is 5.60 Å². The van der Waals surface area contributed by atoms with Crippen LogP contribution in [0.4, 0.5) is 0 Å². The average Bonchev–Trinajstić information content (AvgIpc) is 2.00. The lowest BCUT2D eigenvalue weighted by Crippen LogP contribution is -2.60. The van der Waals surface area contributed by atoms with E-state index in [1.54, 1.807) is 0 Å². The fourth-order valence-corrected chi connectivity index (χ4v) is 4.45.